The van der Waals surface area contributed by atoms with Gasteiger partial charge in [-0.2, -0.15) is 0 Å². The Morgan fingerprint density at radius 2 is 1.89 bits per heavy atom. The first-order valence-electron chi connectivity index (χ1n) is 10.5. The Morgan fingerprint density at radius 1 is 1.19 bits per heavy atom. The van der Waals surface area contributed by atoms with E-state index in [1.807, 2.05) is 13.8 Å². The molecule has 0 unspecified atom stereocenters. The molecule has 0 saturated heterocycles. The van der Waals surface area contributed by atoms with Crippen LogP contribution in [-0.2, 0) is 19.1 Å². The van der Waals surface area contributed by atoms with Crippen molar-refractivity contribution >= 4 is 17.7 Å². The number of carbonyl (C=O) groups is 3. The molecular formula is C22H34O5. The van der Waals surface area contributed by atoms with Crippen LogP contribution >= 0.6 is 0 Å². The van der Waals surface area contributed by atoms with Crippen LogP contribution in [-0.4, -0.2) is 28.9 Å². The fraction of sp³-hybridized carbons (Fsp3) is 0.864. The molecule has 3 aliphatic rings. The van der Waals surface area contributed by atoms with Gasteiger partial charge in [-0.3, -0.25) is 14.4 Å². The van der Waals surface area contributed by atoms with Crippen molar-refractivity contribution in [2.24, 2.45) is 34.5 Å². The minimum atomic E-state index is -0.817. The van der Waals surface area contributed by atoms with E-state index in [2.05, 4.69) is 6.92 Å². The SMILES string of the molecule is CC(=O)O[C@H](C)[C@@H]1CC[C@@H]2[C@@H]3CCC(=O)[C@](C)(CCC(=O)O)[C@H]3CC[C@]21C. The van der Waals surface area contributed by atoms with Crippen molar-refractivity contribution in [2.75, 3.05) is 0 Å². The summed E-state index contributed by atoms with van der Waals surface area (Å²) in [5.74, 6) is 0.910. The molecular weight excluding hydrogens is 344 g/mol. The lowest BCUT2D eigenvalue weighted by atomic mass is 9.48. The monoisotopic (exact) mass is 378 g/mol. The Morgan fingerprint density at radius 3 is 2.52 bits per heavy atom. The number of Topliss-reactive ketones (excluding diaryl/α,β-unsaturated/α-hetero) is 1. The molecule has 3 rings (SSSR count). The number of carboxylic acid groups (broad SMARTS) is 1. The first-order chi connectivity index (χ1) is 12.6. The third-order valence-corrected chi connectivity index (χ3v) is 8.45. The molecule has 1 N–H and O–H groups in total. The molecule has 3 aliphatic carbocycles. The van der Waals surface area contributed by atoms with Crippen LogP contribution in [0.2, 0.25) is 0 Å². The van der Waals surface area contributed by atoms with E-state index in [0.717, 1.165) is 32.1 Å². The van der Waals surface area contributed by atoms with Gasteiger partial charge in [-0.05, 0) is 68.6 Å². The van der Waals surface area contributed by atoms with Gasteiger partial charge in [0.05, 0.1) is 0 Å². The summed E-state index contributed by atoms with van der Waals surface area (Å²) in [6.45, 7) is 7.87. The molecule has 27 heavy (non-hydrogen) atoms. The van der Waals surface area contributed by atoms with Gasteiger partial charge in [0.2, 0.25) is 0 Å². The summed E-state index contributed by atoms with van der Waals surface area (Å²) in [7, 11) is 0. The second-order valence-corrected chi connectivity index (χ2v) is 9.69. The molecule has 0 aromatic carbocycles. The van der Waals surface area contributed by atoms with Crippen molar-refractivity contribution in [3.05, 3.63) is 0 Å². The zero-order valence-corrected chi connectivity index (χ0v) is 17.1. The molecule has 0 bridgehead atoms. The number of fused-ring (bicyclic) bond motifs is 3. The predicted molar refractivity (Wildman–Crippen MR) is 101 cm³/mol. The Balaban J connectivity index is 1.82. The van der Waals surface area contributed by atoms with Crippen LogP contribution < -0.4 is 0 Å². The normalized spacial score (nSPS) is 42.1. The van der Waals surface area contributed by atoms with Crippen molar-refractivity contribution in [1.29, 1.82) is 0 Å². The van der Waals surface area contributed by atoms with Crippen molar-refractivity contribution in [2.45, 2.75) is 85.2 Å². The molecule has 7 atom stereocenters. The van der Waals surface area contributed by atoms with Gasteiger partial charge in [0, 0.05) is 31.1 Å². The molecule has 0 spiro atoms. The molecule has 152 valence electrons. The summed E-state index contributed by atoms with van der Waals surface area (Å²) in [5.41, 5.74) is -0.355. The van der Waals surface area contributed by atoms with Crippen molar-refractivity contribution in [3.63, 3.8) is 0 Å². The topological polar surface area (TPSA) is 80.7 Å². The fourth-order valence-corrected chi connectivity index (χ4v) is 7.12. The van der Waals surface area contributed by atoms with E-state index in [-0.39, 0.29) is 29.7 Å². The van der Waals surface area contributed by atoms with Crippen LogP contribution in [0.4, 0.5) is 0 Å². The first-order valence-corrected chi connectivity index (χ1v) is 10.5. The summed E-state index contributed by atoms with van der Waals surface area (Å²) in [6, 6.07) is 0. The minimum Gasteiger partial charge on any atom is -0.481 e. The Hall–Kier alpha value is -1.39. The maximum Gasteiger partial charge on any atom is 0.303 e. The lowest BCUT2D eigenvalue weighted by Gasteiger charge is -2.56. The molecule has 0 aliphatic heterocycles. The molecule has 0 heterocycles. The van der Waals surface area contributed by atoms with Crippen LogP contribution in [0.5, 0.6) is 0 Å². The van der Waals surface area contributed by atoms with Crippen LogP contribution in [0.15, 0.2) is 0 Å². The minimum absolute atomic E-state index is 0.0690. The molecule has 0 aromatic heterocycles. The lowest BCUT2D eigenvalue weighted by Crippen LogP contribution is -2.53. The number of ether oxygens (including phenoxy) is 1. The highest BCUT2D eigenvalue weighted by atomic mass is 16.5. The second kappa shape index (κ2) is 7.21. The van der Waals surface area contributed by atoms with Gasteiger partial charge in [0.15, 0.2) is 0 Å². The quantitative estimate of drug-likeness (QED) is 0.724. The number of carbonyl (C=O) groups excluding carboxylic acids is 2. The van der Waals surface area contributed by atoms with Gasteiger partial charge in [-0.1, -0.05) is 13.8 Å². The van der Waals surface area contributed by atoms with E-state index in [9.17, 15) is 14.4 Å². The van der Waals surface area contributed by atoms with E-state index in [1.165, 1.54) is 6.92 Å². The number of hydrogen-bond donors (Lipinski definition) is 1. The smallest absolute Gasteiger partial charge is 0.303 e. The first kappa shape index (κ1) is 20.3. The second-order valence-electron chi connectivity index (χ2n) is 9.69. The maximum atomic E-state index is 12.8. The van der Waals surface area contributed by atoms with E-state index >= 15 is 0 Å². The van der Waals surface area contributed by atoms with Gasteiger partial charge in [0.25, 0.3) is 0 Å². The van der Waals surface area contributed by atoms with Crippen molar-refractivity contribution in [3.8, 4) is 0 Å². The fourth-order valence-electron chi connectivity index (χ4n) is 7.12. The highest BCUT2D eigenvalue weighted by Gasteiger charge is 2.60. The summed E-state index contributed by atoms with van der Waals surface area (Å²) < 4.78 is 5.55. The van der Waals surface area contributed by atoms with Crippen molar-refractivity contribution in [1.82, 2.24) is 0 Å². The van der Waals surface area contributed by atoms with Gasteiger partial charge in [-0.25, -0.2) is 0 Å². The van der Waals surface area contributed by atoms with Gasteiger partial charge in [-0.15, -0.1) is 0 Å². The maximum absolute atomic E-state index is 12.8. The summed E-state index contributed by atoms with van der Waals surface area (Å²) >= 11 is 0. The number of carboxylic acids is 1. The molecule has 3 saturated carbocycles. The standard InChI is InChI=1S/C22H34O5/c1-13(27-14(2)23)16-6-7-17-15-5-8-19(24)22(4,12-10-20(25)26)18(15)9-11-21(16,17)3/h13,15-18H,5-12H2,1-4H3,(H,25,26)/t13-,15+,16+,17-,18+,21+,22-/m1/s1. The zero-order chi connectivity index (χ0) is 20.0. The summed E-state index contributed by atoms with van der Waals surface area (Å²) in [4.78, 5) is 35.4. The molecule has 5 nitrogen and oxygen atoms in total. The summed E-state index contributed by atoms with van der Waals surface area (Å²) in [6.07, 6.45) is 6.16. The van der Waals surface area contributed by atoms with Gasteiger partial charge in [0.1, 0.15) is 11.9 Å². The van der Waals surface area contributed by atoms with Crippen LogP contribution in [0.3, 0.4) is 0 Å². The van der Waals surface area contributed by atoms with Crippen LogP contribution in [0, 0.1) is 34.5 Å². The summed E-state index contributed by atoms with van der Waals surface area (Å²) in [5, 5.41) is 9.15. The number of aliphatic carboxylic acids is 1. The number of rotatable bonds is 5. The molecule has 3 fully saturated rings. The van der Waals surface area contributed by atoms with Crippen molar-refractivity contribution < 1.29 is 24.2 Å². The third-order valence-electron chi connectivity index (χ3n) is 8.45. The lowest BCUT2D eigenvalue weighted by molar-refractivity contribution is -0.157. The highest BCUT2D eigenvalue weighted by Crippen LogP contribution is 2.65. The van der Waals surface area contributed by atoms with Crippen LogP contribution in [0.25, 0.3) is 0 Å². The van der Waals surface area contributed by atoms with E-state index in [4.69, 9.17) is 9.84 Å². The molecule has 0 aromatic rings. The van der Waals surface area contributed by atoms with E-state index in [1.54, 1.807) is 0 Å². The number of hydrogen-bond acceptors (Lipinski definition) is 4. The number of ketones is 1. The number of esters is 1. The predicted octanol–water partition coefficient (Wildman–Crippen LogP) is 4.23. The zero-order valence-electron chi connectivity index (χ0n) is 17.1. The molecule has 0 radical (unpaired) electrons. The average Bonchev–Trinajstić information content (AvgIpc) is 2.93. The Bertz CT molecular complexity index is 628. The Kier molecular flexibility index (Phi) is 5.44. The largest absolute Gasteiger partial charge is 0.481 e. The Labute approximate surface area is 162 Å². The van der Waals surface area contributed by atoms with E-state index < -0.39 is 11.4 Å². The van der Waals surface area contributed by atoms with Gasteiger partial charge < -0.3 is 9.84 Å². The van der Waals surface area contributed by atoms with Crippen LogP contribution in [0.1, 0.15) is 79.1 Å². The third kappa shape index (κ3) is 3.42. The molecule has 0 amide bonds. The molecule has 5 heteroatoms. The highest BCUT2D eigenvalue weighted by molar-refractivity contribution is 5.86. The van der Waals surface area contributed by atoms with E-state index in [0.29, 0.717) is 36.5 Å². The average molecular weight is 379 g/mol. The van der Waals surface area contributed by atoms with Gasteiger partial charge >= 0.3 is 11.9 Å².